The number of carbonyl (C=O) groups is 9. The molecule has 0 bridgehead atoms. The van der Waals surface area contributed by atoms with Crippen molar-refractivity contribution in [2.45, 2.75) is 192 Å². The highest BCUT2D eigenvalue weighted by Gasteiger charge is 2.23. The van der Waals surface area contributed by atoms with Gasteiger partial charge in [0.15, 0.2) is 0 Å². The number of ether oxygens (including phenoxy) is 2. The number of nitrogens with one attached hydrogen (secondary N) is 6. The fourth-order valence-electron chi connectivity index (χ4n) is 7.14. The maximum Gasteiger partial charge on any atom is 0.326 e. The van der Waals surface area contributed by atoms with Crippen molar-refractivity contribution in [2.24, 2.45) is 0 Å². The van der Waals surface area contributed by atoms with Crippen molar-refractivity contribution >= 4 is 53.2 Å². The highest BCUT2D eigenvalue weighted by Crippen LogP contribution is 2.14. The number of carboxylic acids is 3. The van der Waals surface area contributed by atoms with Crippen molar-refractivity contribution in [1.82, 2.24) is 31.9 Å². The molecule has 21 nitrogen and oxygen atoms in total. The maximum atomic E-state index is 12.5. The first-order chi connectivity index (χ1) is 32.6. The van der Waals surface area contributed by atoms with Gasteiger partial charge in [-0.05, 0) is 65.3 Å². The summed E-state index contributed by atoms with van der Waals surface area (Å²) in [7, 11) is 1.72. The third kappa shape index (κ3) is 38.3. The zero-order chi connectivity index (χ0) is 50.8. The van der Waals surface area contributed by atoms with E-state index < -0.39 is 67.0 Å². The van der Waals surface area contributed by atoms with E-state index in [1.807, 2.05) is 0 Å². The Balaban J connectivity index is 4.06. The van der Waals surface area contributed by atoms with Gasteiger partial charge < -0.3 is 61.8 Å². The molecule has 0 aliphatic rings. The van der Waals surface area contributed by atoms with Crippen LogP contribution in [0.3, 0.4) is 0 Å². The SMILES string of the molecule is CNC(CCCCNC(=O)CCC(CO)NC(=O)CCC(NC(=O)COCCOCCNC(=O)CCC(NC(=O)CCCCCCCCCCCCCCCCC(=O)O)C(=O)O)C(=O)O)C(C)=O. The molecule has 4 unspecified atom stereocenters. The van der Waals surface area contributed by atoms with Gasteiger partial charge in [0, 0.05) is 45.2 Å². The van der Waals surface area contributed by atoms with E-state index in [0.29, 0.717) is 25.8 Å². The Labute approximate surface area is 402 Å². The topological polar surface area (TPSA) is 325 Å². The minimum atomic E-state index is -1.39. The molecular weight excluding hydrogens is 889 g/mol. The maximum absolute atomic E-state index is 12.5. The summed E-state index contributed by atoms with van der Waals surface area (Å²) in [5.74, 6) is -5.60. The van der Waals surface area contributed by atoms with Crippen molar-refractivity contribution in [3.63, 3.8) is 0 Å². The number of aliphatic hydroxyl groups is 1. The molecule has 0 saturated carbocycles. The van der Waals surface area contributed by atoms with Gasteiger partial charge >= 0.3 is 17.9 Å². The normalized spacial score (nSPS) is 12.8. The molecule has 5 amide bonds. The van der Waals surface area contributed by atoms with E-state index in [4.69, 9.17) is 14.6 Å². The predicted octanol–water partition coefficient (Wildman–Crippen LogP) is 2.88. The highest BCUT2D eigenvalue weighted by molar-refractivity contribution is 5.86. The summed E-state index contributed by atoms with van der Waals surface area (Å²) < 4.78 is 10.6. The van der Waals surface area contributed by atoms with Crippen molar-refractivity contribution in [3.8, 4) is 0 Å². The highest BCUT2D eigenvalue weighted by atomic mass is 16.5. The second kappa shape index (κ2) is 42.4. The number of hydrogen-bond donors (Lipinski definition) is 10. The van der Waals surface area contributed by atoms with Crippen LogP contribution in [0.1, 0.15) is 167 Å². The second-order valence-electron chi connectivity index (χ2n) is 17.1. The van der Waals surface area contributed by atoms with Crippen LogP contribution in [0.25, 0.3) is 0 Å². The molecule has 0 aromatic carbocycles. The predicted molar refractivity (Wildman–Crippen MR) is 252 cm³/mol. The van der Waals surface area contributed by atoms with E-state index in [0.717, 1.165) is 57.8 Å². The van der Waals surface area contributed by atoms with E-state index in [1.165, 1.54) is 39.0 Å². The standard InChI is InChI=1S/C47H84N6O15/c1-35(55)37(48-2)19-17-18-28-49-40(56)25-22-36(33-54)51-43(59)27-24-39(47(65)66)53-44(60)34-68-32-31-67-30-29-50-41(57)26-23-38(46(63)64)52-42(58)20-15-13-11-9-7-5-3-4-6-8-10-12-14-16-21-45(61)62/h36-39,48,54H,3-34H2,1-2H3,(H,49,56)(H,50,57)(H,51,59)(H,52,58)(H,53,60)(H,61,62)(H,63,64)(H,65,66). The van der Waals surface area contributed by atoms with Crippen molar-refractivity contribution in [1.29, 1.82) is 0 Å². The molecule has 0 heterocycles. The van der Waals surface area contributed by atoms with Gasteiger partial charge in [0.2, 0.25) is 29.5 Å². The summed E-state index contributed by atoms with van der Waals surface area (Å²) in [6.45, 7) is 1.26. The van der Waals surface area contributed by atoms with Crippen LogP contribution < -0.4 is 31.9 Å². The molecule has 68 heavy (non-hydrogen) atoms. The molecular formula is C47H84N6O15. The summed E-state index contributed by atoms with van der Waals surface area (Å²) in [6.07, 6.45) is 16.8. The minimum Gasteiger partial charge on any atom is -0.481 e. The van der Waals surface area contributed by atoms with Gasteiger partial charge in [-0.25, -0.2) is 9.59 Å². The molecule has 0 aromatic heterocycles. The quantitative estimate of drug-likeness (QED) is 0.0392. The van der Waals surface area contributed by atoms with Crippen LogP contribution in [0, 0.1) is 0 Å². The number of likely N-dealkylation sites (N-methyl/N-ethyl adjacent to an activating group) is 1. The fourth-order valence-corrected chi connectivity index (χ4v) is 7.14. The van der Waals surface area contributed by atoms with Gasteiger partial charge in [0.25, 0.3) is 0 Å². The molecule has 0 aromatic rings. The fraction of sp³-hybridized carbons (Fsp3) is 0.809. The second-order valence-corrected chi connectivity index (χ2v) is 17.1. The number of carboxylic acid groups (broad SMARTS) is 3. The largest absolute Gasteiger partial charge is 0.481 e. The number of aliphatic hydroxyl groups excluding tert-OH is 1. The number of carbonyl (C=O) groups excluding carboxylic acids is 6. The average molecular weight is 973 g/mol. The Kier molecular flexibility index (Phi) is 39.4. The van der Waals surface area contributed by atoms with Crippen LogP contribution in [0.4, 0.5) is 0 Å². The number of ketones is 1. The van der Waals surface area contributed by atoms with Gasteiger partial charge in [-0.1, -0.05) is 77.0 Å². The van der Waals surface area contributed by atoms with E-state index in [2.05, 4.69) is 31.9 Å². The first kappa shape index (κ1) is 63.3. The first-order valence-electron chi connectivity index (χ1n) is 24.6. The van der Waals surface area contributed by atoms with Crippen LogP contribution in [-0.4, -0.2) is 151 Å². The summed E-state index contributed by atoms with van der Waals surface area (Å²) in [4.78, 5) is 107. The lowest BCUT2D eigenvalue weighted by molar-refractivity contribution is -0.143. The van der Waals surface area contributed by atoms with E-state index in [-0.39, 0.29) is 101 Å². The van der Waals surface area contributed by atoms with Crippen LogP contribution in [0.15, 0.2) is 0 Å². The number of amides is 5. The first-order valence-corrected chi connectivity index (χ1v) is 24.6. The third-order valence-electron chi connectivity index (χ3n) is 11.2. The summed E-state index contributed by atoms with van der Waals surface area (Å²) in [5.41, 5.74) is 0. The zero-order valence-electron chi connectivity index (χ0n) is 40.7. The smallest absolute Gasteiger partial charge is 0.326 e. The van der Waals surface area contributed by atoms with Gasteiger partial charge in [-0.2, -0.15) is 0 Å². The zero-order valence-corrected chi connectivity index (χ0v) is 40.7. The van der Waals surface area contributed by atoms with Crippen LogP contribution >= 0.6 is 0 Å². The van der Waals surface area contributed by atoms with Gasteiger partial charge in [-0.3, -0.25) is 33.6 Å². The number of rotatable bonds is 47. The summed E-state index contributed by atoms with van der Waals surface area (Å²) in [6, 6.07) is -3.53. The molecule has 4 atom stereocenters. The number of hydrogen-bond acceptors (Lipinski definition) is 13. The molecule has 0 fully saturated rings. The third-order valence-corrected chi connectivity index (χ3v) is 11.2. The van der Waals surface area contributed by atoms with Gasteiger partial charge in [0.05, 0.1) is 38.5 Å². The van der Waals surface area contributed by atoms with E-state index >= 15 is 0 Å². The lowest BCUT2D eigenvalue weighted by atomic mass is 10.0. The molecule has 0 rings (SSSR count). The molecule has 392 valence electrons. The van der Waals surface area contributed by atoms with Crippen molar-refractivity contribution in [3.05, 3.63) is 0 Å². The molecule has 10 N–H and O–H groups in total. The van der Waals surface area contributed by atoms with Gasteiger partial charge in [0.1, 0.15) is 24.5 Å². The van der Waals surface area contributed by atoms with Crippen molar-refractivity contribution in [2.75, 3.05) is 53.2 Å². The van der Waals surface area contributed by atoms with E-state index in [9.17, 15) is 58.5 Å². The lowest BCUT2D eigenvalue weighted by Gasteiger charge is -2.18. The van der Waals surface area contributed by atoms with Crippen molar-refractivity contribution < 1.29 is 73.1 Å². The number of unbranched alkanes of at least 4 members (excludes halogenated alkanes) is 14. The average Bonchev–Trinajstić information content (AvgIpc) is 3.29. The number of aliphatic carboxylic acids is 3. The Morgan fingerprint density at radius 2 is 0.897 bits per heavy atom. The lowest BCUT2D eigenvalue weighted by Crippen LogP contribution is -2.44. The molecule has 21 heteroatoms. The Hall–Kier alpha value is -4.73. The van der Waals surface area contributed by atoms with Crippen LogP contribution in [0.5, 0.6) is 0 Å². The molecule has 0 aliphatic heterocycles. The summed E-state index contributed by atoms with van der Waals surface area (Å²) in [5, 5.41) is 53.1. The van der Waals surface area contributed by atoms with Gasteiger partial charge in [-0.15, -0.1) is 0 Å². The van der Waals surface area contributed by atoms with E-state index in [1.54, 1.807) is 7.05 Å². The Bertz CT molecular complexity index is 1470. The molecule has 0 spiro atoms. The van der Waals surface area contributed by atoms with Crippen LogP contribution in [-0.2, 0) is 52.6 Å². The van der Waals surface area contributed by atoms with Crippen LogP contribution in [0.2, 0.25) is 0 Å². The molecule has 0 aliphatic carbocycles. The molecule has 0 radical (unpaired) electrons. The Morgan fingerprint density at radius 3 is 1.40 bits per heavy atom. The summed E-state index contributed by atoms with van der Waals surface area (Å²) >= 11 is 0. The monoisotopic (exact) mass is 973 g/mol. The Morgan fingerprint density at radius 1 is 0.441 bits per heavy atom. The number of Topliss-reactive ketones (excluding diaryl/α,β-unsaturated/α-hetero) is 1. The molecule has 0 saturated heterocycles. The minimum absolute atomic E-state index is 0.0249.